The number of thiazole rings is 1. The Morgan fingerprint density at radius 1 is 1.33 bits per heavy atom. The third-order valence-corrected chi connectivity index (χ3v) is 4.47. The summed E-state index contributed by atoms with van der Waals surface area (Å²) in [4.78, 5) is 9.67. The summed E-state index contributed by atoms with van der Waals surface area (Å²) in [5, 5.41) is 6.79. The van der Waals surface area contributed by atoms with E-state index in [1.165, 1.54) is 10.8 Å². The van der Waals surface area contributed by atoms with E-state index in [-0.39, 0.29) is 0 Å². The largest absolute Gasteiger partial charge is 0.346 e. The van der Waals surface area contributed by atoms with Crippen molar-refractivity contribution in [3.05, 3.63) is 11.1 Å². The van der Waals surface area contributed by atoms with Crippen LogP contribution in [0.2, 0.25) is 0 Å². The molecule has 0 radical (unpaired) electrons. The second kappa shape index (κ2) is 6.50. The highest BCUT2D eigenvalue weighted by Gasteiger charge is 2.19. The van der Waals surface area contributed by atoms with Crippen molar-refractivity contribution in [2.75, 3.05) is 44.2 Å². The van der Waals surface area contributed by atoms with Crippen LogP contribution in [0, 0.1) is 0 Å². The van der Waals surface area contributed by atoms with Gasteiger partial charge in [0.1, 0.15) is 0 Å². The van der Waals surface area contributed by atoms with Gasteiger partial charge in [-0.05, 0) is 20.0 Å². The molecule has 1 aliphatic rings. The first-order chi connectivity index (χ1) is 8.74. The van der Waals surface area contributed by atoms with Gasteiger partial charge in [0.25, 0.3) is 0 Å². The van der Waals surface area contributed by atoms with Gasteiger partial charge in [-0.25, -0.2) is 4.98 Å². The molecule has 1 N–H and O–H groups in total. The van der Waals surface area contributed by atoms with Crippen LogP contribution in [-0.2, 0) is 0 Å². The monoisotopic (exact) mass is 268 g/mol. The summed E-state index contributed by atoms with van der Waals surface area (Å²) in [6.45, 7) is 13.2. The second-order valence-electron chi connectivity index (χ2n) is 4.76. The molecule has 5 heteroatoms. The van der Waals surface area contributed by atoms with Gasteiger partial charge in [0.05, 0.1) is 5.69 Å². The van der Waals surface area contributed by atoms with Gasteiger partial charge in [-0.2, -0.15) is 0 Å². The highest BCUT2D eigenvalue weighted by atomic mass is 32.1. The summed E-state index contributed by atoms with van der Waals surface area (Å²) in [5.41, 5.74) is 1.18. The molecule has 0 aromatic carbocycles. The van der Waals surface area contributed by atoms with E-state index in [0.717, 1.165) is 39.3 Å². The second-order valence-corrected chi connectivity index (χ2v) is 5.59. The van der Waals surface area contributed by atoms with Crippen LogP contribution >= 0.6 is 11.3 Å². The van der Waals surface area contributed by atoms with Crippen LogP contribution < -0.4 is 10.2 Å². The van der Waals surface area contributed by atoms with Crippen molar-refractivity contribution < 1.29 is 0 Å². The maximum atomic E-state index is 4.77. The number of rotatable bonds is 5. The molecule has 0 saturated carbocycles. The lowest BCUT2D eigenvalue weighted by Crippen LogP contribution is -2.46. The number of hydrogen-bond donors (Lipinski definition) is 1. The lowest BCUT2D eigenvalue weighted by molar-refractivity contribution is 0.271. The summed E-state index contributed by atoms with van der Waals surface area (Å²) < 4.78 is 0. The molecule has 1 fully saturated rings. The Hall–Kier alpha value is -0.650. The smallest absolute Gasteiger partial charge is 0.185 e. The molecule has 1 aliphatic heterocycles. The van der Waals surface area contributed by atoms with E-state index in [9.17, 15) is 0 Å². The van der Waals surface area contributed by atoms with E-state index in [1.54, 1.807) is 11.3 Å². The van der Waals surface area contributed by atoms with E-state index >= 15 is 0 Å². The summed E-state index contributed by atoms with van der Waals surface area (Å²) in [6.07, 6.45) is 0. The van der Waals surface area contributed by atoms with Crippen molar-refractivity contribution in [3.8, 4) is 0 Å². The molecule has 0 aliphatic carbocycles. The molecule has 1 aromatic rings. The average Bonchev–Trinajstić information content (AvgIpc) is 2.89. The van der Waals surface area contributed by atoms with Crippen LogP contribution in [0.4, 0.5) is 5.13 Å². The first-order valence-electron chi connectivity index (χ1n) is 6.90. The Morgan fingerprint density at radius 3 is 2.67 bits per heavy atom. The van der Waals surface area contributed by atoms with E-state index in [1.807, 2.05) is 0 Å². The zero-order valence-electron chi connectivity index (χ0n) is 11.6. The summed E-state index contributed by atoms with van der Waals surface area (Å²) in [7, 11) is 0. The highest BCUT2D eigenvalue weighted by Crippen LogP contribution is 2.24. The molecular formula is C13H24N4S. The normalized spacial score (nSPS) is 19.2. The highest BCUT2D eigenvalue weighted by molar-refractivity contribution is 7.13. The molecule has 1 saturated heterocycles. The maximum absolute atomic E-state index is 4.77. The molecule has 4 nitrogen and oxygen atoms in total. The fraction of sp³-hybridized carbons (Fsp3) is 0.769. The van der Waals surface area contributed by atoms with Crippen molar-refractivity contribution in [1.29, 1.82) is 0 Å². The van der Waals surface area contributed by atoms with E-state index in [4.69, 9.17) is 4.98 Å². The molecule has 2 heterocycles. The summed E-state index contributed by atoms with van der Waals surface area (Å²) >= 11 is 1.78. The van der Waals surface area contributed by atoms with Crippen LogP contribution in [0.1, 0.15) is 32.5 Å². The maximum Gasteiger partial charge on any atom is 0.185 e. The van der Waals surface area contributed by atoms with Gasteiger partial charge in [0, 0.05) is 37.6 Å². The van der Waals surface area contributed by atoms with Crippen molar-refractivity contribution >= 4 is 16.5 Å². The fourth-order valence-corrected chi connectivity index (χ4v) is 3.26. The minimum absolute atomic E-state index is 0.358. The van der Waals surface area contributed by atoms with Crippen LogP contribution in [0.5, 0.6) is 0 Å². The number of nitrogens with zero attached hydrogens (tertiary/aromatic N) is 3. The zero-order chi connectivity index (χ0) is 13.0. The number of aromatic nitrogens is 1. The van der Waals surface area contributed by atoms with Crippen LogP contribution in [0.25, 0.3) is 0 Å². The summed E-state index contributed by atoms with van der Waals surface area (Å²) in [6, 6.07) is 0.358. The van der Waals surface area contributed by atoms with Gasteiger partial charge in [-0.15, -0.1) is 11.3 Å². The number of piperazine rings is 1. The molecule has 1 atom stereocenters. The Kier molecular flexibility index (Phi) is 4.97. The Bertz CT molecular complexity index is 358. The quantitative estimate of drug-likeness (QED) is 0.884. The topological polar surface area (TPSA) is 31.4 Å². The van der Waals surface area contributed by atoms with Gasteiger partial charge in [0.15, 0.2) is 5.13 Å². The standard InChI is InChI=1S/C13H24N4S/c1-4-14-11(3)12-10-18-13(15-12)17-8-6-16(5-2)7-9-17/h10-11,14H,4-9H2,1-3H3. The minimum atomic E-state index is 0.358. The van der Waals surface area contributed by atoms with E-state index in [2.05, 4.69) is 41.3 Å². The third kappa shape index (κ3) is 3.22. The van der Waals surface area contributed by atoms with Crippen LogP contribution in [-0.4, -0.2) is 49.2 Å². The van der Waals surface area contributed by atoms with Crippen molar-refractivity contribution in [3.63, 3.8) is 0 Å². The lowest BCUT2D eigenvalue weighted by atomic mass is 10.2. The van der Waals surface area contributed by atoms with E-state index in [0.29, 0.717) is 6.04 Å². The molecule has 0 spiro atoms. The van der Waals surface area contributed by atoms with Gasteiger partial charge < -0.3 is 15.1 Å². The zero-order valence-corrected chi connectivity index (χ0v) is 12.5. The summed E-state index contributed by atoms with van der Waals surface area (Å²) in [5.74, 6) is 0. The van der Waals surface area contributed by atoms with Gasteiger partial charge in [-0.1, -0.05) is 13.8 Å². The molecule has 2 rings (SSSR count). The molecule has 1 unspecified atom stereocenters. The molecule has 18 heavy (non-hydrogen) atoms. The average molecular weight is 268 g/mol. The molecule has 102 valence electrons. The van der Waals surface area contributed by atoms with E-state index < -0.39 is 0 Å². The molecule has 0 amide bonds. The Labute approximate surface area is 114 Å². The predicted molar refractivity (Wildman–Crippen MR) is 78.5 cm³/mol. The van der Waals surface area contributed by atoms with Gasteiger partial charge >= 0.3 is 0 Å². The predicted octanol–water partition coefficient (Wildman–Crippen LogP) is 1.96. The molecular weight excluding hydrogens is 244 g/mol. The van der Waals surface area contributed by atoms with Crippen molar-refractivity contribution in [1.82, 2.24) is 15.2 Å². The molecule has 0 bridgehead atoms. The van der Waals surface area contributed by atoms with Gasteiger partial charge in [0.2, 0.25) is 0 Å². The SMILES string of the molecule is CCNC(C)c1csc(N2CCN(CC)CC2)n1. The first kappa shape index (κ1) is 13.8. The van der Waals surface area contributed by atoms with Crippen LogP contribution in [0.3, 0.4) is 0 Å². The third-order valence-electron chi connectivity index (χ3n) is 3.55. The van der Waals surface area contributed by atoms with Crippen LogP contribution in [0.15, 0.2) is 5.38 Å². The Balaban J connectivity index is 1.94. The number of likely N-dealkylation sites (N-methyl/N-ethyl adjacent to an activating group) is 1. The van der Waals surface area contributed by atoms with Gasteiger partial charge in [-0.3, -0.25) is 0 Å². The number of hydrogen-bond acceptors (Lipinski definition) is 5. The number of nitrogens with one attached hydrogen (secondary N) is 1. The van der Waals surface area contributed by atoms with Crippen molar-refractivity contribution in [2.24, 2.45) is 0 Å². The number of anilines is 1. The minimum Gasteiger partial charge on any atom is -0.346 e. The Morgan fingerprint density at radius 2 is 2.06 bits per heavy atom. The lowest BCUT2D eigenvalue weighted by Gasteiger charge is -2.33. The molecule has 1 aromatic heterocycles. The first-order valence-corrected chi connectivity index (χ1v) is 7.78. The fourth-order valence-electron chi connectivity index (χ4n) is 2.29. The van der Waals surface area contributed by atoms with Crippen molar-refractivity contribution in [2.45, 2.75) is 26.8 Å².